The summed E-state index contributed by atoms with van der Waals surface area (Å²) in [5, 5.41) is 4.64. The van der Waals surface area contributed by atoms with Gasteiger partial charge in [0.2, 0.25) is 0 Å². The standard InChI is InChI=1S/C8H18O4Si.H5NSi/c1-9-13(10-2)5-3-4-11-6-8-7-12-8;1-2/h8,13H,3-7H2,1-2H3;1H2,2H3. The molecule has 7 heteroatoms. The van der Waals surface area contributed by atoms with Gasteiger partial charge in [-0.05, 0) is 12.5 Å². The van der Waals surface area contributed by atoms with E-state index in [-0.39, 0.29) is 0 Å². The number of hydrogen-bond acceptors (Lipinski definition) is 5. The van der Waals surface area contributed by atoms with Crippen molar-refractivity contribution in [2.45, 2.75) is 18.6 Å². The van der Waals surface area contributed by atoms with Crippen molar-refractivity contribution in [3.05, 3.63) is 0 Å². The Kier molecular flexibility index (Phi) is 10.9. The third-order valence-corrected chi connectivity index (χ3v) is 3.89. The molecule has 1 aliphatic heterocycles. The van der Waals surface area contributed by atoms with Gasteiger partial charge in [0.15, 0.2) is 0 Å². The molecule has 1 aliphatic rings. The quantitative estimate of drug-likeness (QED) is 0.325. The van der Waals surface area contributed by atoms with Crippen LogP contribution in [-0.2, 0) is 18.3 Å². The van der Waals surface area contributed by atoms with E-state index in [1.165, 1.54) is 0 Å². The van der Waals surface area contributed by atoms with Gasteiger partial charge >= 0.3 is 9.28 Å². The average molecular weight is 253 g/mol. The molecule has 0 saturated carbocycles. The van der Waals surface area contributed by atoms with Crippen LogP contribution in [0.2, 0.25) is 6.04 Å². The minimum atomic E-state index is -1.35. The Balaban J connectivity index is 0.000000921. The first-order valence-corrected chi connectivity index (χ1v) is 8.11. The third-order valence-electron chi connectivity index (χ3n) is 1.96. The van der Waals surface area contributed by atoms with E-state index in [1.807, 2.05) is 0 Å². The Bertz CT molecular complexity index is 134. The number of ether oxygens (including phenoxy) is 2. The molecule has 1 atom stereocenters. The lowest BCUT2D eigenvalue weighted by Crippen LogP contribution is -2.19. The van der Waals surface area contributed by atoms with E-state index < -0.39 is 9.28 Å². The van der Waals surface area contributed by atoms with Gasteiger partial charge in [-0.3, -0.25) is 0 Å². The molecule has 1 saturated heterocycles. The fraction of sp³-hybridized carbons (Fsp3) is 1.00. The second-order valence-corrected chi connectivity index (χ2v) is 5.45. The summed E-state index contributed by atoms with van der Waals surface area (Å²) in [6.07, 6.45) is 1.39. The Morgan fingerprint density at radius 2 is 2.00 bits per heavy atom. The van der Waals surface area contributed by atoms with Gasteiger partial charge in [-0.1, -0.05) is 0 Å². The summed E-state index contributed by atoms with van der Waals surface area (Å²) in [5.41, 5.74) is 0. The van der Waals surface area contributed by atoms with Crippen molar-refractivity contribution in [3.8, 4) is 0 Å². The molecule has 5 nitrogen and oxygen atoms in total. The molecule has 0 aromatic heterocycles. The summed E-state index contributed by atoms with van der Waals surface area (Å²) in [4.78, 5) is 0. The van der Waals surface area contributed by atoms with Crippen LogP contribution in [0.5, 0.6) is 0 Å². The molecule has 1 rings (SSSR count). The number of hydrogen-bond donors (Lipinski definition) is 1. The summed E-state index contributed by atoms with van der Waals surface area (Å²) in [5.74, 6) is 0. The Morgan fingerprint density at radius 3 is 2.47 bits per heavy atom. The van der Waals surface area contributed by atoms with Crippen molar-refractivity contribution < 1.29 is 18.3 Å². The molecule has 0 aromatic rings. The zero-order valence-electron chi connectivity index (χ0n) is 9.90. The Hall–Kier alpha value is 0.234. The van der Waals surface area contributed by atoms with Crippen molar-refractivity contribution in [1.29, 1.82) is 0 Å². The smallest absolute Gasteiger partial charge is 0.320 e. The zero-order chi connectivity index (χ0) is 11.5. The molecule has 92 valence electrons. The minimum absolute atomic E-state index is 0.373. The predicted molar refractivity (Wildman–Crippen MR) is 65.3 cm³/mol. The van der Waals surface area contributed by atoms with Crippen LogP contribution < -0.4 is 5.40 Å². The van der Waals surface area contributed by atoms with E-state index >= 15 is 0 Å². The van der Waals surface area contributed by atoms with Gasteiger partial charge in [-0.2, -0.15) is 0 Å². The molecule has 15 heavy (non-hydrogen) atoms. The van der Waals surface area contributed by atoms with E-state index in [0.29, 0.717) is 6.10 Å². The maximum atomic E-state index is 5.38. The average Bonchev–Trinajstić information content (AvgIpc) is 3.10. The van der Waals surface area contributed by atoms with Crippen LogP contribution in [0.1, 0.15) is 6.42 Å². The first-order chi connectivity index (χ1) is 7.36. The van der Waals surface area contributed by atoms with Gasteiger partial charge in [0.1, 0.15) is 6.10 Å². The van der Waals surface area contributed by atoms with Gasteiger partial charge in [0.25, 0.3) is 0 Å². The van der Waals surface area contributed by atoms with Crippen molar-refractivity contribution in [2.24, 2.45) is 5.40 Å². The second-order valence-electron chi connectivity index (χ2n) is 3.07. The van der Waals surface area contributed by atoms with Gasteiger partial charge in [-0.15, -0.1) is 0 Å². The van der Waals surface area contributed by atoms with Gasteiger partial charge in [0.05, 0.1) is 23.6 Å². The lowest BCUT2D eigenvalue weighted by atomic mass is 10.5. The summed E-state index contributed by atoms with van der Waals surface area (Å²) in [6.45, 7) is 2.40. The lowest BCUT2D eigenvalue weighted by Gasteiger charge is -2.10. The van der Waals surface area contributed by atoms with E-state index in [1.54, 1.807) is 14.2 Å². The van der Waals surface area contributed by atoms with Crippen LogP contribution >= 0.6 is 0 Å². The van der Waals surface area contributed by atoms with Crippen LogP contribution in [0, 0.1) is 0 Å². The Labute approximate surface area is 96.6 Å². The highest BCUT2D eigenvalue weighted by atomic mass is 28.3. The highest BCUT2D eigenvalue weighted by Gasteiger charge is 2.22. The molecule has 0 spiro atoms. The molecule has 1 heterocycles. The third kappa shape index (κ3) is 9.18. The topological polar surface area (TPSA) is 66.2 Å². The van der Waals surface area contributed by atoms with Crippen LogP contribution in [0.25, 0.3) is 0 Å². The van der Waals surface area contributed by atoms with Gasteiger partial charge in [-0.25, -0.2) is 0 Å². The molecule has 1 fully saturated rings. The molecule has 0 bridgehead atoms. The molecule has 0 amide bonds. The fourth-order valence-electron chi connectivity index (χ4n) is 1.06. The normalized spacial score (nSPS) is 18.8. The highest BCUT2D eigenvalue weighted by Crippen LogP contribution is 2.09. The number of rotatable bonds is 8. The first kappa shape index (κ1) is 15.2. The van der Waals surface area contributed by atoms with Crippen LogP contribution in [0.4, 0.5) is 0 Å². The summed E-state index contributed by atoms with van der Waals surface area (Å²) in [6, 6.07) is 1.01. The zero-order valence-corrected chi connectivity index (χ0v) is 13.1. The molecule has 2 N–H and O–H groups in total. The van der Waals surface area contributed by atoms with Gasteiger partial charge < -0.3 is 23.7 Å². The van der Waals surface area contributed by atoms with Crippen molar-refractivity contribution in [3.63, 3.8) is 0 Å². The maximum Gasteiger partial charge on any atom is 0.320 e. The van der Waals surface area contributed by atoms with E-state index in [0.717, 1.165) is 42.7 Å². The van der Waals surface area contributed by atoms with Crippen molar-refractivity contribution in [1.82, 2.24) is 0 Å². The van der Waals surface area contributed by atoms with Crippen molar-refractivity contribution >= 4 is 19.7 Å². The minimum Gasteiger partial charge on any atom is -0.400 e. The van der Waals surface area contributed by atoms with E-state index in [4.69, 9.17) is 18.3 Å². The molecular weight excluding hydrogens is 230 g/mol. The summed E-state index contributed by atoms with van der Waals surface area (Å²) >= 11 is 0. The molecule has 0 aliphatic carbocycles. The van der Waals surface area contributed by atoms with E-state index in [2.05, 4.69) is 5.40 Å². The molecule has 0 aromatic carbocycles. The molecular formula is C8H23NO4Si2. The predicted octanol–water partition coefficient (Wildman–Crippen LogP) is -1.47. The van der Waals surface area contributed by atoms with Crippen LogP contribution in [0.15, 0.2) is 0 Å². The largest absolute Gasteiger partial charge is 0.400 e. The first-order valence-electron chi connectivity index (χ1n) is 5.19. The summed E-state index contributed by atoms with van der Waals surface area (Å²) in [7, 11) is 2.87. The fourth-order valence-corrected chi connectivity index (χ4v) is 2.23. The van der Waals surface area contributed by atoms with E-state index in [9.17, 15) is 0 Å². The molecule has 1 unspecified atom stereocenters. The van der Waals surface area contributed by atoms with Crippen LogP contribution in [0.3, 0.4) is 0 Å². The number of epoxide rings is 1. The lowest BCUT2D eigenvalue weighted by molar-refractivity contribution is 0.115. The summed E-state index contributed by atoms with van der Waals surface area (Å²) < 4.78 is 20.7. The molecule has 0 radical (unpaired) electrons. The van der Waals surface area contributed by atoms with Gasteiger partial charge in [0, 0.05) is 20.8 Å². The second kappa shape index (κ2) is 10.7. The SMILES string of the molecule is CO[SiH](CCCOCC1CO1)OC.N[SiH3]. The van der Waals surface area contributed by atoms with Crippen LogP contribution in [-0.4, -0.2) is 59.8 Å². The monoisotopic (exact) mass is 253 g/mol. The maximum absolute atomic E-state index is 5.38. The van der Waals surface area contributed by atoms with Crippen molar-refractivity contribution in [2.75, 3.05) is 34.0 Å². The number of nitrogens with two attached hydrogens (primary N) is 1. The highest BCUT2D eigenvalue weighted by molar-refractivity contribution is 6.44. The Morgan fingerprint density at radius 1 is 1.40 bits per heavy atom.